The molecular weight excluding hydrogens is 214 g/mol. The molecule has 4 N–H and O–H groups in total. The lowest BCUT2D eigenvalue weighted by atomic mass is 9.98. The van der Waals surface area contributed by atoms with E-state index in [0.29, 0.717) is 11.5 Å². The Hall–Kier alpha value is -1.55. The molecule has 4 nitrogen and oxygen atoms in total. The first kappa shape index (κ1) is 11.9. The minimum atomic E-state index is -0.379. The number of benzene rings is 1. The number of nitrogens with one attached hydrogen (secondary N) is 2. The highest BCUT2D eigenvalue weighted by molar-refractivity contribution is 5.93. The summed E-state index contributed by atoms with van der Waals surface area (Å²) >= 11 is 0. The molecule has 1 fully saturated rings. The maximum atomic E-state index is 11.0. The van der Waals surface area contributed by atoms with Crippen molar-refractivity contribution in [2.75, 3.05) is 25.0 Å². The van der Waals surface area contributed by atoms with Crippen LogP contribution in [0, 0.1) is 5.92 Å². The van der Waals surface area contributed by atoms with E-state index in [4.69, 9.17) is 5.73 Å². The lowest BCUT2D eigenvalue weighted by Gasteiger charge is -2.23. The van der Waals surface area contributed by atoms with Gasteiger partial charge < -0.3 is 16.4 Å². The summed E-state index contributed by atoms with van der Waals surface area (Å²) < 4.78 is 0. The van der Waals surface area contributed by atoms with Crippen molar-refractivity contribution in [3.63, 3.8) is 0 Å². The average Bonchev–Trinajstić information content (AvgIpc) is 2.38. The van der Waals surface area contributed by atoms with Crippen molar-refractivity contribution in [2.45, 2.75) is 12.8 Å². The number of anilines is 1. The van der Waals surface area contributed by atoms with Gasteiger partial charge in [0.25, 0.3) is 0 Å². The fraction of sp³-hybridized carbons (Fsp3) is 0.462. The third-order valence-corrected chi connectivity index (χ3v) is 3.20. The topological polar surface area (TPSA) is 67.2 Å². The molecule has 1 aliphatic rings. The monoisotopic (exact) mass is 233 g/mol. The zero-order chi connectivity index (χ0) is 12.1. The number of amides is 1. The molecule has 0 aliphatic carbocycles. The van der Waals surface area contributed by atoms with E-state index in [-0.39, 0.29) is 5.91 Å². The van der Waals surface area contributed by atoms with Gasteiger partial charge in [-0.25, -0.2) is 0 Å². The highest BCUT2D eigenvalue weighted by Crippen LogP contribution is 2.15. The number of carbonyl (C=O) groups excluding carboxylic acids is 1. The van der Waals surface area contributed by atoms with Crippen molar-refractivity contribution in [1.82, 2.24) is 5.32 Å². The highest BCUT2D eigenvalue weighted by atomic mass is 16.1. The van der Waals surface area contributed by atoms with Crippen molar-refractivity contribution >= 4 is 11.6 Å². The molecule has 0 aromatic heterocycles. The summed E-state index contributed by atoms with van der Waals surface area (Å²) in [5.74, 6) is 0.337. The fourth-order valence-electron chi connectivity index (χ4n) is 2.13. The molecule has 1 saturated heterocycles. The Morgan fingerprint density at radius 1 is 1.41 bits per heavy atom. The Bertz CT molecular complexity index is 386. The van der Waals surface area contributed by atoms with Gasteiger partial charge in [0.05, 0.1) is 0 Å². The zero-order valence-electron chi connectivity index (χ0n) is 9.91. The van der Waals surface area contributed by atoms with E-state index < -0.39 is 0 Å². The van der Waals surface area contributed by atoms with Crippen LogP contribution in [0.25, 0.3) is 0 Å². The van der Waals surface area contributed by atoms with Gasteiger partial charge in [-0.05, 0) is 50.0 Å². The fourth-order valence-corrected chi connectivity index (χ4v) is 2.13. The summed E-state index contributed by atoms with van der Waals surface area (Å²) in [6.07, 6.45) is 2.42. The van der Waals surface area contributed by atoms with E-state index >= 15 is 0 Å². The van der Waals surface area contributed by atoms with Crippen molar-refractivity contribution in [2.24, 2.45) is 11.7 Å². The molecular formula is C13H19N3O. The predicted molar refractivity (Wildman–Crippen MR) is 69.0 cm³/mol. The second-order valence-corrected chi connectivity index (χ2v) is 4.52. The van der Waals surface area contributed by atoms with E-state index in [9.17, 15) is 4.79 Å². The van der Waals surface area contributed by atoms with E-state index in [1.165, 1.54) is 12.8 Å². The van der Waals surface area contributed by atoms with Gasteiger partial charge in [0.2, 0.25) is 5.91 Å². The molecule has 0 saturated carbocycles. The smallest absolute Gasteiger partial charge is 0.248 e. The van der Waals surface area contributed by atoms with Gasteiger partial charge >= 0.3 is 0 Å². The summed E-state index contributed by atoms with van der Waals surface area (Å²) in [5, 5.41) is 6.72. The van der Waals surface area contributed by atoms with Crippen molar-refractivity contribution in [1.29, 1.82) is 0 Å². The van der Waals surface area contributed by atoms with Crippen molar-refractivity contribution < 1.29 is 4.79 Å². The van der Waals surface area contributed by atoms with Gasteiger partial charge in [-0.1, -0.05) is 6.07 Å². The van der Waals surface area contributed by atoms with Crippen LogP contribution in [0.15, 0.2) is 24.3 Å². The van der Waals surface area contributed by atoms with Crippen LogP contribution in [0.2, 0.25) is 0 Å². The highest BCUT2D eigenvalue weighted by Gasteiger charge is 2.12. The second-order valence-electron chi connectivity index (χ2n) is 4.52. The van der Waals surface area contributed by atoms with E-state index in [1.54, 1.807) is 6.07 Å². The molecule has 0 spiro atoms. The van der Waals surface area contributed by atoms with Gasteiger partial charge in [0.1, 0.15) is 0 Å². The van der Waals surface area contributed by atoms with Crippen LogP contribution in [0.4, 0.5) is 5.69 Å². The Morgan fingerprint density at radius 2 is 2.18 bits per heavy atom. The Morgan fingerprint density at radius 3 is 2.88 bits per heavy atom. The molecule has 1 amide bonds. The SMILES string of the molecule is NC(=O)c1cccc(NCC2CCNCC2)c1. The number of carbonyl (C=O) groups is 1. The third-order valence-electron chi connectivity index (χ3n) is 3.20. The molecule has 0 radical (unpaired) electrons. The normalized spacial score (nSPS) is 16.7. The maximum Gasteiger partial charge on any atom is 0.248 e. The van der Waals surface area contributed by atoms with Gasteiger partial charge in [0.15, 0.2) is 0 Å². The van der Waals surface area contributed by atoms with Crippen molar-refractivity contribution in [3.05, 3.63) is 29.8 Å². The number of nitrogens with two attached hydrogens (primary N) is 1. The molecule has 4 heteroatoms. The Balaban J connectivity index is 1.89. The molecule has 1 aromatic carbocycles. The number of piperidine rings is 1. The Kier molecular flexibility index (Phi) is 3.98. The maximum absolute atomic E-state index is 11.0. The summed E-state index contributed by atoms with van der Waals surface area (Å²) in [5.41, 5.74) is 6.77. The Labute approximate surface area is 102 Å². The van der Waals surface area contributed by atoms with Gasteiger partial charge in [0, 0.05) is 17.8 Å². The summed E-state index contributed by atoms with van der Waals surface area (Å²) in [7, 11) is 0. The minimum Gasteiger partial charge on any atom is -0.385 e. The molecule has 1 aliphatic heterocycles. The van der Waals surface area contributed by atoms with Crippen molar-refractivity contribution in [3.8, 4) is 0 Å². The van der Waals surface area contributed by atoms with E-state index in [2.05, 4.69) is 10.6 Å². The molecule has 0 bridgehead atoms. The summed E-state index contributed by atoms with van der Waals surface area (Å²) in [4.78, 5) is 11.0. The van der Waals surface area contributed by atoms with Gasteiger partial charge in [-0.2, -0.15) is 0 Å². The number of hydrogen-bond acceptors (Lipinski definition) is 3. The standard InChI is InChI=1S/C13H19N3O/c14-13(17)11-2-1-3-12(8-11)16-9-10-4-6-15-7-5-10/h1-3,8,10,15-16H,4-7,9H2,(H2,14,17). The lowest BCUT2D eigenvalue weighted by Crippen LogP contribution is -2.31. The summed E-state index contributed by atoms with van der Waals surface area (Å²) in [6, 6.07) is 7.36. The molecule has 92 valence electrons. The quantitative estimate of drug-likeness (QED) is 0.732. The predicted octanol–water partition coefficient (Wildman–Crippen LogP) is 1.20. The van der Waals surface area contributed by atoms with E-state index in [1.807, 2.05) is 18.2 Å². The molecule has 2 rings (SSSR count). The van der Waals surface area contributed by atoms with Gasteiger partial charge in [-0.15, -0.1) is 0 Å². The zero-order valence-corrected chi connectivity index (χ0v) is 9.91. The molecule has 0 unspecified atom stereocenters. The van der Waals surface area contributed by atoms with Crippen LogP contribution in [0.1, 0.15) is 23.2 Å². The molecule has 1 aromatic rings. The van der Waals surface area contributed by atoms with Crippen LogP contribution in [0.3, 0.4) is 0 Å². The van der Waals surface area contributed by atoms with Crippen LogP contribution in [0.5, 0.6) is 0 Å². The number of hydrogen-bond donors (Lipinski definition) is 3. The van der Waals surface area contributed by atoms with Crippen LogP contribution < -0.4 is 16.4 Å². The molecule has 17 heavy (non-hydrogen) atoms. The molecule has 1 heterocycles. The largest absolute Gasteiger partial charge is 0.385 e. The second kappa shape index (κ2) is 5.68. The first-order chi connectivity index (χ1) is 8.25. The molecule has 0 atom stereocenters. The first-order valence-corrected chi connectivity index (χ1v) is 6.10. The first-order valence-electron chi connectivity index (χ1n) is 6.10. The van der Waals surface area contributed by atoms with Crippen LogP contribution in [-0.4, -0.2) is 25.5 Å². The van der Waals surface area contributed by atoms with Crippen LogP contribution >= 0.6 is 0 Å². The van der Waals surface area contributed by atoms with E-state index in [0.717, 1.165) is 25.3 Å². The number of rotatable bonds is 4. The summed E-state index contributed by atoms with van der Waals surface area (Å²) in [6.45, 7) is 3.17. The third kappa shape index (κ3) is 3.46. The van der Waals surface area contributed by atoms with Gasteiger partial charge in [-0.3, -0.25) is 4.79 Å². The lowest BCUT2D eigenvalue weighted by molar-refractivity contribution is 0.100. The number of primary amides is 1. The average molecular weight is 233 g/mol. The minimum absolute atomic E-state index is 0.379. The van der Waals surface area contributed by atoms with Crippen LogP contribution in [-0.2, 0) is 0 Å².